The van der Waals surface area contributed by atoms with Crippen LogP contribution in [-0.4, -0.2) is 16.1 Å². The lowest BCUT2D eigenvalue weighted by Gasteiger charge is -2.08. The molecular formula is C16H10ClNO3. The Morgan fingerprint density at radius 2 is 1.95 bits per heavy atom. The number of carboxylic acid groups (broad SMARTS) is 1. The Hall–Kier alpha value is -2.59. The van der Waals surface area contributed by atoms with Gasteiger partial charge in [0, 0.05) is 5.39 Å². The summed E-state index contributed by atoms with van der Waals surface area (Å²) in [5.74, 6) is -0.103. The Morgan fingerprint density at radius 1 is 1.14 bits per heavy atom. The number of benzene rings is 2. The molecule has 1 aromatic heterocycles. The average Bonchev–Trinajstić information content (AvgIpc) is 2.49. The third kappa shape index (κ3) is 2.80. The van der Waals surface area contributed by atoms with E-state index in [-0.39, 0.29) is 10.6 Å². The maximum atomic E-state index is 10.9. The minimum Gasteiger partial charge on any atom is -0.478 e. The highest BCUT2D eigenvalue weighted by Gasteiger charge is 2.09. The molecule has 0 bridgehead atoms. The van der Waals surface area contributed by atoms with Crippen molar-refractivity contribution in [1.82, 2.24) is 4.98 Å². The van der Waals surface area contributed by atoms with Crippen LogP contribution in [0.3, 0.4) is 0 Å². The summed E-state index contributed by atoms with van der Waals surface area (Å²) >= 11 is 6.03. The minimum absolute atomic E-state index is 0.115. The van der Waals surface area contributed by atoms with Gasteiger partial charge < -0.3 is 9.84 Å². The fourth-order valence-corrected chi connectivity index (χ4v) is 2.17. The number of hydrogen-bond donors (Lipinski definition) is 1. The number of fused-ring (bicyclic) bond motifs is 1. The highest BCUT2D eigenvalue weighted by atomic mass is 35.5. The molecule has 0 unspecified atom stereocenters. The topological polar surface area (TPSA) is 59.4 Å². The monoisotopic (exact) mass is 299 g/mol. The number of rotatable bonds is 3. The summed E-state index contributed by atoms with van der Waals surface area (Å²) in [6.45, 7) is 0. The Kier molecular flexibility index (Phi) is 3.46. The Labute approximate surface area is 125 Å². The van der Waals surface area contributed by atoms with Crippen LogP contribution < -0.4 is 4.74 Å². The first-order valence-electron chi connectivity index (χ1n) is 6.19. The highest BCUT2D eigenvalue weighted by molar-refractivity contribution is 6.32. The van der Waals surface area contributed by atoms with Gasteiger partial charge in [0.05, 0.1) is 22.3 Å². The molecule has 3 rings (SSSR count). The molecule has 0 saturated heterocycles. The Balaban J connectivity index is 1.93. The third-order valence-electron chi connectivity index (χ3n) is 2.97. The van der Waals surface area contributed by atoms with Gasteiger partial charge >= 0.3 is 5.97 Å². The summed E-state index contributed by atoms with van der Waals surface area (Å²) in [5.41, 5.74) is 0.987. The van der Waals surface area contributed by atoms with E-state index in [4.69, 9.17) is 21.4 Å². The van der Waals surface area contributed by atoms with Crippen LogP contribution in [0.5, 0.6) is 11.5 Å². The molecule has 0 amide bonds. The van der Waals surface area contributed by atoms with Crippen molar-refractivity contribution in [3.63, 3.8) is 0 Å². The molecule has 21 heavy (non-hydrogen) atoms. The number of hydrogen-bond acceptors (Lipinski definition) is 3. The van der Waals surface area contributed by atoms with E-state index in [2.05, 4.69) is 4.98 Å². The lowest BCUT2D eigenvalue weighted by molar-refractivity contribution is 0.0697. The molecule has 0 aliphatic carbocycles. The number of nitrogens with zero attached hydrogens (tertiary/aromatic N) is 1. The molecule has 0 atom stereocenters. The third-order valence-corrected chi connectivity index (χ3v) is 3.27. The average molecular weight is 300 g/mol. The molecule has 2 aromatic carbocycles. The van der Waals surface area contributed by atoms with E-state index in [1.807, 2.05) is 30.3 Å². The smallest absolute Gasteiger partial charge is 0.335 e. The Morgan fingerprint density at radius 3 is 2.71 bits per heavy atom. The molecule has 0 spiro atoms. The standard InChI is InChI=1S/C16H10ClNO3/c17-13-8-11(16(19)20)5-6-15(13)21-12-7-10-3-1-2-4-14(10)18-9-12/h1-9H,(H,19,20). The molecule has 0 fully saturated rings. The van der Waals surface area contributed by atoms with Crippen molar-refractivity contribution in [3.05, 3.63) is 65.3 Å². The zero-order valence-electron chi connectivity index (χ0n) is 10.8. The zero-order chi connectivity index (χ0) is 14.8. The van der Waals surface area contributed by atoms with Gasteiger partial charge in [-0.2, -0.15) is 0 Å². The van der Waals surface area contributed by atoms with Crippen LogP contribution >= 0.6 is 11.6 Å². The number of carboxylic acids is 1. The summed E-state index contributed by atoms with van der Waals surface area (Å²) in [4.78, 5) is 15.2. The van der Waals surface area contributed by atoms with Crippen LogP contribution in [0.1, 0.15) is 10.4 Å². The molecule has 0 aliphatic rings. The molecule has 0 aliphatic heterocycles. The number of para-hydroxylation sites is 1. The summed E-state index contributed by atoms with van der Waals surface area (Å²) in [7, 11) is 0. The minimum atomic E-state index is -1.03. The fraction of sp³-hybridized carbons (Fsp3) is 0. The number of carbonyl (C=O) groups is 1. The normalized spacial score (nSPS) is 10.5. The van der Waals surface area contributed by atoms with Crippen molar-refractivity contribution in [1.29, 1.82) is 0 Å². The summed E-state index contributed by atoms with van der Waals surface area (Å²) in [6, 6.07) is 13.9. The van der Waals surface area contributed by atoms with Crippen LogP contribution in [0, 0.1) is 0 Å². The lowest BCUT2D eigenvalue weighted by atomic mass is 10.2. The van der Waals surface area contributed by atoms with Gasteiger partial charge in [-0.3, -0.25) is 4.98 Å². The molecule has 3 aromatic rings. The van der Waals surface area contributed by atoms with Gasteiger partial charge in [0.25, 0.3) is 0 Å². The van der Waals surface area contributed by atoms with Crippen molar-refractivity contribution >= 4 is 28.5 Å². The van der Waals surface area contributed by atoms with Crippen molar-refractivity contribution in [2.75, 3.05) is 0 Å². The molecular weight excluding hydrogens is 290 g/mol. The van der Waals surface area contributed by atoms with E-state index in [0.717, 1.165) is 10.9 Å². The van der Waals surface area contributed by atoms with E-state index in [1.165, 1.54) is 18.2 Å². The highest BCUT2D eigenvalue weighted by Crippen LogP contribution is 2.31. The van der Waals surface area contributed by atoms with E-state index >= 15 is 0 Å². The van der Waals surface area contributed by atoms with Crippen LogP contribution in [0.4, 0.5) is 0 Å². The van der Waals surface area contributed by atoms with Crippen LogP contribution in [-0.2, 0) is 0 Å². The van der Waals surface area contributed by atoms with Crippen molar-refractivity contribution in [3.8, 4) is 11.5 Å². The molecule has 0 radical (unpaired) electrons. The second kappa shape index (κ2) is 5.42. The SMILES string of the molecule is O=C(O)c1ccc(Oc2cnc3ccccc3c2)c(Cl)c1. The van der Waals surface area contributed by atoms with Crippen molar-refractivity contribution in [2.45, 2.75) is 0 Å². The van der Waals surface area contributed by atoms with Gasteiger partial charge in [-0.25, -0.2) is 4.79 Å². The van der Waals surface area contributed by atoms with Gasteiger partial charge in [-0.15, -0.1) is 0 Å². The van der Waals surface area contributed by atoms with E-state index in [9.17, 15) is 4.79 Å². The largest absolute Gasteiger partial charge is 0.478 e. The fourth-order valence-electron chi connectivity index (χ4n) is 1.95. The van der Waals surface area contributed by atoms with E-state index in [1.54, 1.807) is 6.20 Å². The van der Waals surface area contributed by atoms with Gasteiger partial charge in [0.1, 0.15) is 11.5 Å². The second-order valence-corrected chi connectivity index (χ2v) is 4.82. The first-order valence-corrected chi connectivity index (χ1v) is 6.57. The predicted molar refractivity (Wildman–Crippen MR) is 80.2 cm³/mol. The molecule has 1 N–H and O–H groups in total. The molecule has 0 saturated carbocycles. The summed E-state index contributed by atoms with van der Waals surface area (Å²) < 4.78 is 5.66. The van der Waals surface area contributed by atoms with E-state index < -0.39 is 5.97 Å². The first-order chi connectivity index (χ1) is 10.1. The van der Waals surface area contributed by atoms with Crippen LogP contribution in [0.25, 0.3) is 10.9 Å². The van der Waals surface area contributed by atoms with Crippen molar-refractivity contribution in [2.24, 2.45) is 0 Å². The second-order valence-electron chi connectivity index (χ2n) is 4.42. The van der Waals surface area contributed by atoms with Crippen LogP contribution in [0.15, 0.2) is 54.7 Å². The van der Waals surface area contributed by atoms with Gasteiger partial charge in [0.2, 0.25) is 0 Å². The number of aromatic nitrogens is 1. The lowest BCUT2D eigenvalue weighted by Crippen LogP contribution is -1.96. The number of halogens is 1. The maximum absolute atomic E-state index is 10.9. The molecule has 5 heteroatoms. The van der Waals surface area contributed by atoms with E-state index in [0.29, 0.717) is 11.5 Å². The summed E-state index contributed by atoms with van der Waals surface area (Å²) in [6.07, 6.45) is 1.60. The number of pyridine rings is 1. The quantitative estimate of drug-likeness (QED) is 0.779. The predicted octanol–water partition coefficient (Wildman–Crippen LogP) is 4.38. The number of aromatic carboxylic acids is 1. The molecule has 1 heterocycles. The summed E-state index contributed by atoms with van der Waals surface area (Å²) in [5, 5.41) is 10.1. The molecule has 4 nitrogen and oxygen atoms in total. The van der Waals surface area contributed by atoms with Gasteiger partial charge in [-0.05, 0) is 30.3 Å². The Bertz CT molecular complexity index is 833. The number of ether oxygens (including phenoxy) is 1. The van der Waals surface area contributed by atoms with Crippen molar-refractivity contribution < 1.29 is 14.6 Å². The van der Waals surface area contributed by atoms with Gasteiger partial charge in [0.15, 0.2) is 0 Å². The van der Waals surface area contributed by atoms with Gasteiger partial charge in [-0.1, -0.05) is 29.8 Å². The zero-order valence-corrected chi connectivity index (χ0v) is 11.5. The van der Waals surface area contributed by atoms with Crippen LogP contribution in [0.2, 0.25) is 5.02 Å². The first kappa shape index (κ1) is 13.4. The maximum Gasteiger partial charge on any atom is 0.335 e. The molecule has 104 valence electrons.